The largest absolute Gasteiger partial charge is 0.448 e. The van der Waals surface area contributed by atoms with Crippen LogP contribution in [0.15, 0.2) is 46.0 Å². The first-order chi connectivity index (χ1) is 15.3. The Morgan fingerprint density at radius 2 is 1.88 bits per heavy atom. The summed E-state index contributed by atoms with van der Waals surface area (Å²) in [5, 5.41) is 3.71. The number of benzene rings is 1. The molecular weight excluding hydrogens is 454 g/mol. The Balaban J connectivity index is 1.82. The van der Waals surface area contributed by atoms with E-state index in [2.05, 4.69) is 5.43 Å². The lowest BCUT2D eigenvalue weighted by molar-refractivity contribution is 0.0495. The van der Waals surface area contributed by atoms with E-state index in [9.17, 15) is 22.8 Å². The molecule has 0 aliphatic carbocycles. The molecule has 0 saturated carbocycles. The number of hydrogen-bond acceptors (Lipinski definition) is 7. The van der Waals surface area contributed by atoms with Crippen LogP contribution in [0.1, 0.15) is 53.3 Å². The zero-order valence-corrected chi connectivity index (χ0v) is 19.3. The minimum Gasteiger partial charge on any atom is -0.448 e. The maximum Gasteiger partial charge on any atom is 0.436 e. The average molecular weight is 480 g/mol. The van der Waals surface area contributed by atoms with Gasteiger partial charge in [0.05, 0.1) is 17.1 Å². The number of imide groups is 1. The second kappa shape index (κ2) is 10.7. The van der Waals surface area contributed by atoms with Gasteiger partial charge in [-0.25, -0.2) is 13.2 Å². The van der Waals surface area contributed by atoms with Crippen LogP contribution in [0.4, 0.5) is 4.79 Å². The summed E-state index contributed by atoms with van der Waals surface area (Å²) in [6.45, 7) is 2.74. The summed E-state index contributed by atoms with van der Waals surface area (Å²) >= 11 is 1.26. The average Bonchev–Trinajstić information content (AvgIpc) is 3.36. The molecule has 172 valence electrons. The molecule has 1 fully saturated rings. The Morgan fingerprint density at radius 3 is 2.53 bits per heavy atom. The molecule has 0 bridgehead atoms. The van der Waals surface area contributed by atoms with E-state index in [-0.39, 0.29) is 22.6 Å². The first kappa shape index (κ1) is 23.9. The molecule has 9 nitrogen and oxygen atoms in total. The third kappa shape index (κ3) is 5.53. The molecule has 1 aromatic carbocycles. The van der Waals surface area contributed by atoms with E-state index in [1.807, 2.05) is 0 Å². The predicted octanol–water partition coefficient (Wildman–Crippen LogP) is 3.26. The highest BCUT2D eigenvalue weighted by Crippen LogP contribution is 2.21. The molecule has 3 amide bonds. The highest BCUT2D eigenvalue weighted by Gasteiger charge is 2.29. The van der Waals surface area contributed by atoms with Gasteiger partial charge in [0.15, 0.2) is 0 Å². The Hall–Kier alpha value is -2.76. The number of carbonyl (C=O) groups is 3. The predicted molar refractivity (Wildman–Crippen MR) is 119 cm³/mol. The summed E-state index contributed by atoms with van der Waals surface area (Å²) < 4.78 is 32.3. The number of nitrogens with one attached hydrogen (secondary N) is 1. The highest BCUT2D eigenvalue weighted by molar-refractivity contribution is 7.89. The van der Waals surface area contributed by atoms with Gasteiger partial charge in [-0.3, -0.25) is 15.0 Å². The SMILES string of the molecule is CCCOC(=O)N(NC(=O)c1cccc(S(=O)(=O)N2CCCCC2)c1)C(=O)c1ccsc1. The monoisotopic (exact) mass is 479 g/mol. The molecule has 2 aromatic rings. The van der Waals surface area contributed by atoms with Crippen molar-refractivity contribution < 1.29 is 27.5 Å². The number of hydrogen-bond donors (Lipinski definition) is 1. The molecule has 1 aromatic heterocycles. The summed E-state index contributed by atoms with van der Waals surface area (Å²) in [6.07, 6.45) is 2.08. The van der Waals surface area contributed by atoms with Crippen molar-refractivity contribution in [2.24, 2.45) is 0 Å². The smallest absolute Gasteiger partial charge is 0.436 e. The number of carbonyl (C=O) groups excluding carboxylic acids is 3. The Morgan fingerprint density at radius 1 is 1.12 bits per heavy atom. The lowest BCUT2D eigenvalue weighted by Gasteiger charge is -2.26. The fraction of sp³-hybridized carbons (Fsp3) is 0.381. The van der Waals surface area contributed by atoms with Crippen LogP contribution in [0.25, 0.3) is 0 Å². The van der Waals surface area contributed by atoms with Crippen molar-refractivity contribution in [1.82, 2.24) is 14.7 Å². The van der Waals surface area contributed by atoms with Crippen molar-refractivity contribution >= 4 is 39.3 Å². The Kier molecular flexibility index (Phi) is 7.99. The molecular formula is C21H25N3O6S2. The van der Waals surface area contributed by atoms with Crippen molar-refractivity contribution in [2.45, 2.75) is 37.5 Å². The summed E-state index contributed by atoms with van der Waals surface area (Å²) in [7, 11) is -3.74. The van der Waals surface area contributed by atoms with Gasteiger partial charge in [0.25, 0.3) is 11.8 Å². The van der Waals surface area contributed by atoms with Gasteiger partial charge in [-0.15, -0.1) is 5.01 Å². The molecule has 1 aliphatic heterocycles. The molecule has 0 unspecified atom stereocenters. The number of amides is 3. The summed E-state index contributed by atoms with van der Waals surface area (Å²) in [5.41, 5.74) is 2.46. The van der Waals surface area contributed by atoms with Gasteiger partial charge < -0.3 is 4.74 Å². The number of piperidine rings is 1. The van der Waals surface area contributed by atoms with Crippen LogP contribution in [-0.4, -0.2) is 55.3 Å². The maximum atomic E-state index is 12.9. The highest BCUT2D eigenvalue weighted by atomic mass is 32.2. The number of hydrazine groups is 1. The molecule has 11 heteroatoms. The molecule has 1 aliphatic rings. The minimum atomic E-state index is -3.74. The van der Waals surface area contributed by atoms with Crippen LogP contribution in [-0.2, 0) is 14.8 Å². The molecule has 0 atom stereocenters. The number of thiophene rings is 1. The van der Waals surface area contributed by atoms with E-state index in [0.29, 0.717) is 24.5 Å². The molecule has 0 radical (unpaired) electrons. The third-order valence-corrected chi connectivity index (χ3v) is 7.42. The van der Waals surface area contributed by atoms with Crippen LogP contribution < -0.4 is 5.43 Å². The van der Waals surface area contributed by atoms with E-state index in [4.69, 9.17) is 4.74 Å². The lowest BCUT2D eigenvalue weighted by Crippen LogP contribution is -2.50. The first-order valence-corrected chi connectivity index (χ1v) is 12.7. The van der Waals surface area contributed by atoms with Crippen molar-refractivity contribution in [2.75, 3.05) is 19.7 Å². The van der Waals surface area contributed by atoms with Gasteiger partial charge in [0.2, 0.25) is 10.0 Å². The number of nitrogens with zero attached hydrogens (tertiary/aromatic N) is 2. The van der Waals surface area contributed by atoms with Gasteiger partial charge in [0.1, 0.15) is 0 Å². The minimum absolute atomic E-state index is 0.00510. The van der Waals surface area contributed by atoms with Gasteiger partial charge in [-0.1, -0.05) is 19.4 Å². The topological polar surface area (TPSA) is 113 Å². The maximum absolute atomic E-state index is 12.9. The lowest BCUT2D eigenvalue weighted by atomic mass is 10.2. The van der Waals surface area contributed by atoms with E-state index in [1.165, 1.54) is 46.0 Å². The first-order valence-electron chi connectivity index (χ1n) is 10.3. The van der Waals surface area contributed by atoms with Gasteiger partial charge in [-0.2, -0.15) is 15.6 Å². The van der Waals surface area contributed by atoms with Gasteiger partial charge >= 0.3 is 6.09 Å². The standard InChI is InChI=1S/C21H25N3O6S2/c1-2-12-30-21(27)24(20(26)17-9-13-31-15-17)22-19(25)16-7-6-8-18(14-16)32(28,29)23-10-4-3-5-11-23/h6-9,13-15H,2-5,10-12H2,1H3,(H,22,25). The van der Waals surface area contributed by atoms with Crippen LogP contribution in [0.3, 0.4) is 0 Å². The molecule has 32 heavy (non-hydrogen) atoms. The van der Waals surface area contributed by atoms with Crippen molar-refractivity contribution in [1.29, 1.82) is 0 Å². The van der Waals surface area contributed by atoms with Crippen LogP contribution in [0.5, 0.6) is 0 Å². The van der Waals surface area contributed by atoms with Crippen molar-refractivity contribution in [3.63, 3.8) is 0 Å². The van der Waals surface area contributed by atoms with Crippen molar-refractivity contribution in [3.8, 4) is 0 Å². The third-order valence-electron chi connectivity index (χ3n) is 4.85. The molecule has 1 N–H and O–H groups in total. The summed E-state index contributed by atoms with van der Waals surface area (Å²) in [6, 6.07) is 7.04. The Labute approximate surface area is 191 Å². The second-order valence-electron chi connectivity index (χ2n) is 7.20. The zero-order valence-electron chi connectivity index (χ0n) is 17.7. The van der Waals surface area contributed by atoms with Crippen LogP contribution >= 0.6 is 11.3 Å². The van der Waals surface area contributed by atoms with Crippen molar-refractivity contribution in [3.05, 3.63) is 52.2 Å². The van der Waals surface area contributed by atoms with E-state index < -0.39 is 27.9 Å². The van der Waals surface area contributed by atoms with Gasteiger partial charge in [0, 0.05) is 24.0 Å². The second-order valence-corrected chi connectivity index (χ2v) is 9.92. The summed E-state index contributed by atoms with van der Waals surface area (Å²) in [4.78, 5) is 38.0. The van der Waals surface area contributed by atoms with E-state index in [1.54, 1.807) is 17.7 Å². The fourth-order valence-electron chi connectivity index (χ4n) is 3.17. The fourth-order valence-corrected chi connectivity index (χ4v) is 5.36. The Bertz CT molecular complexity index is 1060. The number of ether oxygens (including phenoxy) is 1. The number of rotatable bonds is 6. The van der Waals surface area contributed by atoms with E-state index in [0.717, 1.165) is 19.3 Å². The van der Waals surface area contributed by atoms with E-state index >= 15 is 0 Å². The van der Waals surface area contributed by atoms with Crippen LogP contribution in [0.2, 0.25) is 0 Å². The molecule has 3 rings (SSSR count). The molecule has 1 saturated heterocycles. The molecule has 0 spiro atoms. The van der Waals surface area contributed by atoms with Crippen LogP contribution in [0, 0.1) is 0 Å². The van der Waals surface area contributed by atoms with Gasteiger partial charge in [-0.05, 0) is 48.9 Å². The quantitative estimate of drug-likeness (QED) is 0.637. The number of sulfonamides is 1. The normalized spacial score (nSPS) is 14.5. The molecule has 2 heterocycles. The summed E-state index contributed by atoms with van der Waals surface area (Å²) in [5.74, 6) is -1.56. The zero-order chi connectivity index (χ0) is 23.1.